The highest BCUT2D eigenvalue weighted by atomic mass is 19.1. The smallest absolute Gasteiger partial charge is 0.252 e. The monoisotopic (exact) mass is 730 g/mol. The van der Waals surface area contributed by atoms with Crippen molar-refractivity contribution in [1.82, 2.24) is 19.8 Å². The SMILES string of the molecule is COc1ccc(CN2C[C@@H](c3ccccc3C(C)C)N(C3CC4(CCN(c5ccc(C(N)=O)c(Oc6cnc7[nH]cc(F)c7c6)c5)CC4)C3)CC2C)cc1. The van der Waals surface area contributed by atoms with E-state index in [1.807, 2.05) is 12.1 Å². The fraction of sp³-hybridized carbons (Fsp3) is 0.409. The summed E-state index contributed by atoms with van der Waals surface area (Å²) in [5.74, 6) is 1.03. The minimum Gasteiger partial charge on any atom is -0.497 e. The number of primary amides is 1. The van der Waals surface area contributed by atoms with Crippen molar-refractivity contribution in [3.05, 3.63) is 113 Å². The van der Waals surface area contributed by atoms with Crippen molar-refractivity contribution in [3.63, 3.8) is 0 Å². The average molecular weight is 731 g/mol. The third-order valence-corrected chi connectivity index (χ3v) is 12.3. The summed E-state index contributed by atoms with van der Waals surface area (Å²) < 4.78 is 25.8. The number of aromatic nitrogens is 2. The molecule has 3 N–H and O–H groups in total. The van der Waals surface area contributed by atoms with E-state index in [0.717, 1.165) is 57.0 Å². The van der Waals surface area contributed by atoms with Gasteiger partial charge in [0.1, 0.15) is 28.7 Å². The fourth-order valence-corrected chi connectivity index (χ4v) is 9.21. The number of benzene rings is 3. The normalized spacial score (nSPS) is 20.7. The molecule has 0 bridgehead atoms. The summed E-state index contributed by atoms with van der Waals surface area (Å²) in [6, 6.07) is 26.1. The fourth-order valence-electron chi connectivity index (χ4n) is 9.21. The van der Waals surface area contributed by atoms with Gasteiger partial charge in [0.25, 0.3) is 5.91 Å². The minimum absolute atomic E-state index is 0.274. The molecule has 2 aliphatic heterocycles. The summed E-state index contributed by atoms with van der Waals surface area (Å²) in [5.41, 5.74) is 12.0. The lowest BCUT2D eigenvalue weighted by molar-refractivity contribution is -0.0766. The number of piperazine rings is 1. The molecule has 1 spiro atoms. The number of rotatable bonds is 10. The Hall–Kier alpha value is -4.93. The number of ether oxygens (including phenoxy) is 2. The number of nitrogens with one attached hydrogen (secondary N) is 1. The first-order chi connectivity index (χ1) is 26.1. The maximum absolute atomic E-state index is 14.3. The van der Waals surface area contributed by atoms with Crippen LogP contribution in [0, 0.1) is 11.2 Å². The molecule has 9 nitrogen and oxygen atoms in total. The van der Waals surface area contributed by atoms with Gasteiger partial charge in [-0.1, -0.05) is 50.2 Å². The van der Waals surface area contributed by atoms with Crippen molar-refractivity contribution in [2.45, 2.75) is 77.0 Å². The molecule has 3 aliphatic rings. The summed E-state index contributed by atoms with van der Waals surface area (Å²) in [6.07, 6.45) is 7.44. The number of anilines is 1. The van der Waals surface area contributed by atoms with Gasteiger partial charge in [0, 0.05) is 68.8 Å². The number of hydrogen-bond donors (Lipinski definition) is 2. The summed E-state index contributed by atoms with van der Waals surface area (Å²) >= 11 is 0. The van der Waals surface area contributed by atoms with E-state index in [9.17, 15) is 9.18 Å². The van der Waals surface area contributed by atoms with Crippen LogP contribution in [-0.4, -0.2) is 71.0 Å². The predicted molar refractivity (Wildman–Crippen MR) is 211 cm³/mol. The molecule has 1 saturated carbocycles. The Morgan fingerprint density at radius 2 is 1.78 bits per heavy atom. The molecular formula is C44H51FN6O3. The first-order valence-corrected chi connectivity index (χ1v) is 19.3. The summed E-state index contributed by atoms with van der Waals surface area (Å²) in [5, 5.41) is 0.324. The Morgan fingerprint density at radius 1 is 1.02 bits per heavy atom. The van der Waals surface area contributed by atoms with E-state index in [2.05, 4.69) is 94.0 Å². The molecule has 3 aromatic carbocycles. The van der Waals surface area contributed by atoms with Crippen LogP contribution in [0.5, 0.6) is 17.2 Å². The van der Waals surface area contributed by atoms with Gasteiger partial charge in [-0.2, -0.15) is 0 Å². The Kier molecular flexibility index (Phi) is 9.83. The number of nitrogens with zero attached hydrogens (tertiary/aromatic N) is 4. The third kappa shape index (κ3) is 7.05. The second kappa shape index (κ2) is 14.7. The van der Waals surface area contributed by atoms with Crippen molar-refractivity contribution in [2.75, 3.05) is 38.2 Å². The van der Waals surface area contributed by atoms with E-state index in [4.69, 9.17) is 15.2 Å². The number of piperidine rings is 1. The van der Waals surface area contributed by atoms with Crippen LogP contribution in [0.25, 0.3) is 11.0 Å². The van der Waals surface area contributed by atoms with Gasteiger partial charge in [0.2, 0.25) is 0 Å². The molecule has 2 atom stereocenters. The molecule has 10 heteroatoms. The van der Waals surface area contributed by atoms with Crippen LogP contribution in [-0.2, 0) is 6.54 Å². The van der Waals surface area contributed by atoms with Gasteiger partial charge in [0.15, 0.2) is 0 Å². The molecule has 1 amide bonds. The quantitative estimate of drug-likeness (QED) is 0.149. The number of aromatic amines is 1. The van der Waals surface area contributed by atoms with Gasteiger partial charge in [-0.15, -0.1) is 0 Å². The molecule has 2 aromatic heterocycles. The van der Waals surface area contributed by atoms with Crippen molar-refractivity contribution in [3.8, 4) is 17.2 Å². The van der Waals surface area contributed by atoms with Crippen LogP contribution in [0.2, 0.25) is 0 Å². The highest BCUT2D eigenvalue weighted by Crippen LogP contribution is 2.53. The zero-order valence-electron chi connectivity index (χ0n) is 31.7. The third-order valence-electron chi connectivity index (χ3n) is 12.3. The van der Waals surface area contributed by atoms with Crippen LogP contribution in [0.4, 0.5) is 10.1 Å². The number of hydrogen-bond acceptors (Lipinski definition) is 7. The van der Waals surface area contributed by atoms with Gasteiger partial charge >= 0.3 is 0 Å². The molecule has 1 unspecified atom stereocenters. The van der Waals surface area contributed by atoms with Crippen molar-refractivity contribution in [2.24, 2.45) is 11.1 Å². The van der Waals surface area contributed by atoms with Crippen LogP contribution >= 0.6 is 0 Å². The minimum atomic E-state index is -0.582. The maximum atomic E-state index is 14.3. The Labute approximate surface area is 317 Å². The summed E-state index contributed by atoms with van der Waals surface area (Å²) in [4.78, 5) is 27.3. The molecule has 2 saturated heterocycles. The first-order valence-electron chi connectivity index (χ1n) is 19.3. The highest BCUT2D eigenvalue weighted by molar-refractivity contribution is 5.96. The number of H-pyrrole nitrogens is 1. The Morgan fingerprint density at radius 3 is 2.50 bits per heavy atom. The number of pyridine rings is 1. The number of methoxy groups -OCH3 is 1. The van der Waals surface area contributed by atoms with E-state index in [0.29, 0.717) is 52.0 Å². The summed E-state index contributed by atoms with van der Waals surface area (Å²) in [7, 11) is 1.72. The zero-order chi connectivity index (χ0) is 37.6. The van der Waals surface area contributed by atoms with E-state index in [1.54, 1.807) is 19.2 Å². The van der Waals surface area contributed by atoms with Gasteiger partial charge in [0.05, 0.1) is 24.3 Å². The molecule has 54 heavy (non-hydrogen) atoms. The molecule has 1 aliphatic carbocycles. The van der Waals surface area contributed by atoms with Crippen LogP contribution in [0.1, 0.15) is 85.5 Å². The highest BCUT2D eigenvalue weighted by Gasteiger charge is 2.50. The van der Waals surface area contributed by atoms with E-state index < -0.39 is 11.7 Å². The molecule has 8 rings (SSSR count). The lowest BCUT2D eigenvalue weighted by Gasteiger charge is -2.59. The Bertz CT molecular complexity index is 2120. The standard InChI is InChI=1S/C44H51FN6O3/c1-28(2)35-7-5-6-8-36(35)40-27-50(26-30-9-12-33(53-4)13-10-30)29(3)25-51(40)32-21-44(22-32)15-17-49(18-16-44)31-11-14-37(42(46)52)41(19-31)54-34-20-38-39(45)24-48-43(38)47-23-34/h5-14,19-20,23-24,28-29,32,40H,15-18,21-22,25-27H2,1-4H3,(H2,46,52)(H,47,48)/t29?,40-/m0/s1. The molecule has 0 radical (unpaired) electrons. The second-order valence-electron chi connectivity index (χ2n) is 16.0. The van der Waals surface area contributed by atoms with Crippen molar-refractivity contribution in [1.29, 1.82) is 0 Å². The number of amides is 1. The largest absolute Gasteiger partial charge is 0.497 e. The lowest BCUT2D eigenvalue weighted by Crippen LogP contribution is -2.61. The second-order valence-corrected chi connectivity index (χ2v) is 16.0. The number of carbonyl (C=O) groups is 1. The molecular weight excluding hydrogens is 680 g/mol. The van der Waals surface area contributed by atoms with Crippen LogP contribution in [0.15, 0.2) is 85.2 Å². The molecule has 4 heterocycles. The number of nitrogens with two attached hydrogens (primary N) is 1. The summed E-state index contributed by atoms with van der Waals surface area (Å²) in [6.45, 7) is 11.8. The van der Waals surface area contributed by atoms with E-state index in [1.165, 1.54) is 41.9 Å². The van der Waals surface area contributed by atoms with Crippen molar-refractivity contribution < 1.29 is 18.7 Å². The van der Waals surface area contributed by atoms with Gasteiger partial charge < -0.3 is 25.1 Å². The van der Waals surface area contributed by atoms with Gasteiger partial charge in [-0.25, -0.2) is 9.37 Å². The van der Waals surface area contributed by atoms with Crippen LogP contribution in [0.3, 0.4) is 0 Å². The topological polar surface area (TPSA) is 99.9 Å². The van der Waals surface area contributed by atoms with Crippen molar-refractivity contribution >= 4 is 22.6 Å². The number of carbonyl (C=O) groups excluding carboxylic acids is 1. The van der Waals surface area contributed by atoms with Gasteiger partial charge in [-0.05, 0) is 91.0 Å². The van der Waals surface area contributed by atoms with Crippen LogP contribution < -0.4 is 20.1 Å². The lowest BCUT2D eigenvalue weighted by atomic mass is 9.59. The number of fused-ring (bicyclic) bond motifs is 1. The number of halogens is 1. The van der Waals surface area contributed by atoms with E-state index >= 15 is 0 Å². The molecule has 282 valence electrons. The van der Waals surface area contributed by atoms with E-state index in [-0.39, 0.29) is 5.56 Å². The Balaban J connectivity index is 0.961. The molecule has 3 fully saturated rings. The zero-order valence-corrected chi connectivity index (χ0v) is 31.7. The van der Waals surface area contributed by atoms with Gasteiger partial charge in [-0.3, -0.25) is 14.6 Å². The average Bonchev–Trinajstić information content (AvgIpc) is 3.54. The predicted octanol–water partition coefficient (Wildman–Crippen LogP) is 8.42. The molecule has 5 aromatic rings. The maximum Gasteiger partial charge on any atom is 0.252 e. The first kappa shape index (κ1) is 36.1.